The Hall–Kier alpha value is -4.70. The Balaban J connectivity index is 1.43. The van der Waals surface area contributed by atoms with E-state index >= 15 is 0 Å². The minimum atomic E-state index is -0.610. The van der Waals surface area contributed by atoms with Gasteiger partial charge in [-0.15, -0.1) is 0 Å². The van der Waals surface area contributed by atoms with Gasteiger partial charge in [-0.25, -0.2) is 9.78 Å². The molecule has 0 bridgehead atoms. The summed E-state index contributed by atoms with van der Waals surface area (Å²) in [4.78, 5) is 18.2. The lowest BCUT2D eigenvalue weighted by Gasteiger charge is -2.38. The Morgan fingerprint density at radius 2 is 1.29 bits per heavy atom. The number of esters is 1. The number of hydrogen-bond donors (Lipinski definition) is 0. The molecule has 1 aliphatic carbocycles. The molecule has 0 atom stereocenters. The van der Waals surface area contributed by atoms with Gasteiger partial charge in [0, 0.05) is 18.2 Å². The second-order valence-corrected chi connectivity index (χ2v) is 14.1. The molecule has 0 radical (unpaired) electrons. The number of imidazole rings is 1. The van der Waals surface area contributed by atoms with Crippen molar-refractivity contribution in [1.29, 1.82) is 0 Å². The van der Waals surface area contributed by atoms with Crippen LogP contribution in [0.5, 0.6) is 0 Å². The van der Waals surface area contributed by atoms with E-state index in [4.69, 9.17) is 9.72 Å². The van der Waals surface area contributed by atoms with Crippen LogP contribution in [0.25, 0.3) is 5.57 Å². The maximum atomic E-state index is 12.7. The first-order valence-electron chi connectivity index (χ1n) is 18.1. The summed E-state index contributed by atoms with van der Waals surface area (Å²) in [6.45, 7) is 9.21. The van der Waals surface area contributed by atoms with Crippen molar-refractivity contribution in [3.8, 4) is 0 Å². The zero-order valence-electron chi connectivity index (χ0n) is 29.6. The molecule has 1 heterocycles. The molecule has 0 aliphatic heterocycles. The van der Waals surface area contributed by atoms with Gasteiger partial charge in [0.1, 0.15) is 11.4 Å². The summed E-state index contributed by atoms with van der Waals surface area (Å²) in [6.07, 6.45) is 9.81. The van der Waals surface area contributed by atoms with Crippen molar-refractivity contribution in [1.82, 2.24) is 9.55 Å². The standard InChI is InChI=1S/C45H50N2O2/c1-5-44(3,4)32-39-33-47(45(36-18-10-7-11-19-36,37-20-12-8-13-21-37)38-22-14-9-15-23-38)42(46-39)31-28-34-26-29-35(30-27-34)40-24-16-17-25-41(40)43(48)49-6-2/h7-15,18-23,26-27,29-30,33H,5-6,16-17,24-25,28,31-32H2,1-4H3. The molecule has 1 aliphatic rings. The third kappa shape index (κ3) is 7.34. The van der Waals surface area contributed by atoms with Gasteiger partial charge in [0.25, 0.3) is 0 Å². The molecule has 0 fully saturated rings. The fourth-order valence-corrected chi connectivity index (χ4v) is 7.39. The number of carbonyl (C=O) groups is 1. The van der Waals surface area contributed by atoms with Gasteiger partial charge in [0.2, 0.25) is 0 Å². The first-order chi connectivity index (χ1) is 23.9. The van der Waals surface area contributed by atoms with Crippen molar-refractivity contribution in [2.24, 2.45) is 5.41 Å². The first kappa shape index (κ1) is 34.2. The lowest BCUT2D eigenvalue weighted by atomic mass is 9.76. The Kier molecular flexibility index (Phi) is 10.6. The quantitative estimate of drug-likeness (QED) is 0.0941. The predicted octanol–water partition coefficient (Wildman–Crippen LogP) is 10.4. The second kappa shape index (κ2) is 15.2. The van der Waals surface area contributed by atoms with Crippen molar-refractivity contribution < 1.29 is 9.53 Å². The first-order valence-corrected chi connectivity index (χ1v) is 18.1. The van der Waals surface area contributed by atoms with E-state index in [9.17, 15) is 4.79 Å². The van der Waals surface area contributed by atoms with Crippen LogP contribution in [-0.2, 0) is 34.3 Å². The molecule has 0 unspecified atom stereocenters. The lowest BCUT2D eigenvalue weighted by Crippen LogP contribution is -2.38. The van der Waals surface area contributed by atoms with Crippen molar-refractivity contribution in [2.75, 3.05) is 6.61 Å². The monoisotopic (exact) mass is 650 g/mol. The van der Waals surface area contributed by atoms with Crippen molar-refractivity contribution in [3.63, 3.8) is 0 Å². The molecular formula is C45H50N2O2. The SMILES string of the molecule is CCOC(=O)C1=C(c2ccc(CCc3nc(CC(C)(C)CC)cn3C(c3ccccc3)(c3ccccc3)c3ccccc3)cc2)CCCC1. The smallest absolute Gasteiger partial charge is 0.334 e. The molecule has 5 aromatic rings. The van der Waals surface area contributed by atoms with Crippen LogP contribution in [-0.4, -0.2) is 22.1 Å². The minimum absolute atomic E-state index is 0.136. The molecule has 4 heteroatoms. The zero-order chi connectivity index (χ0) is 34.3. The molecule has 0 saturated heterocycles. The number of ether oxygens (including phenoxy) is 1. The molecule has 0 amide bonds. The van der Waals surface area contributed by atoms with Crippen molar-refractivity contribution in [2.45, 2.75) is 84.6 Å². The third-order valence-electron chi connectivity index (χ3n) is 10.3. The maximum Gasteiger partial charge on any atom is 0.334 e. The number of hydrogen-bond acceptors (Lipinski definition) is 3. The maximum absolute atomic E-state index is 12.7. The number of aromatic nitrogens is 2. The summed E-state index contributed by atoms with van der Waals surface area (Å²) in [5.41, 5.74) is 8.65. The van der Waals surface area contributed by atoms with Gasteiger partial charge >= 0.3 is 5.97 Å². The summed E-state index contributed by atoms with van der Waals surface area (Å²) < 4.78 is 7.89. The highest BCUT2D eigenvalue weighted by Crippen LogP contribution is 2.42. The van der Waals surface area contributed by atoms with Gasteiger partial charge in [-0.2, -0.15) is 0 Å². The number of benzene rings is 4. The molecule has 0 saturated carbocycles. The summed E-state index contributed by atoms with van der Waals surface area (Å²) in [5, 5.41) is 0. The fraction of sp³-hybridized carbons (Fsp3) is 0.333. The van der Waals surface area contributed by atoms with Gasteiger partial charge in [-0.05, 0) is 84.3 Å². The van der Waals surface area contributed by atoms with Gasteiger partial charge in [-0.3, -0.25) is 0 Å². The van der Waals surface area contributed by atoms with E-state index in [1.165, 1.54) is 22.3 Å². The summed E-state index contributed by atoms with van der Waals surface area (Å²) >= 11 is 0. The number of allylic oxidation sites excluding steroid dienone is 1. The Morgan fingerprint density at radius 1 is 0.735 bits per heavy atom. The highest BCUT2D eigenvalue weighted by Gasteiger charge is 2.40. The number of rotatable bonds is 13. The van der Waals surface area contributed by atoms with E-state index < -0.39 is 5.54 Å². The molecule has 1 aromatic heterocycles. The molecular weight excluding hydrogens is 601 g/mol. The van der Waals surface area contributed by atoms with E-state index in [0.29, 0.717) is 6.61 Å². The highest BCUT2D eigenvalue weighted by molar-refractivity contribution is 5.98. The molecule has 6 rings (SSSR count). The van der Waals surface area contributed by atoms with Crippen LogP contribution in [0, 0.1) is 5.41 Å². The van der Waals surface area contributed by atoms with Crippen molar-refractivity contribution in [3.05, 3.63) is 166 Å². The molecule has 252 valence electrons. The number of nitrogens with zero attached hydrogens (tertiary/aromatic N) is 2. The van der Waals surface area contributed by atoms with Crippen LogP contribution < -0.4 is 0 Å². The van der Waals surface area contributed by atoms with Gasteiger partial charge in [0.15, 0.2) is 0 Å². The average molecular weight is 651 g/mol. The summed E-state index contributed by atoms with van der Waals surface area (Å²) in [7, 11) is 0. The van der Waals surface area contributed by atoms with Gasteiger partial charge in [-0.1, -0.05) is 142 Å². The molecule has 4 aromatic carbocycles. The number of carbonyl (C=O) groups excluding carboxylic acids is 1. The fourth-order valence-electron chi connectivity index (χ4n) is 7.39. The topological polar surface area (TPSA) is 44.1 Å². The minimum Gasteiger partial charge on any atom is -0.463 e. The summed E-state index contributed by atoms with van der Waals surface area (Å²) in [5.74, 6) is 0.913. The highest BCUT2D eigenvalue weighted by atomic mass is 16.5. The van der Waals surface area contributed by atoms with Gasteiger partial charge in [0.05, 0.1) is 12.3 Å². The van der Waals surface area contributed by atoms with Crippen LogP contribution in [0.15, 0.2) is 127 Å². The van der Waals surface area contributed by atoms with E-state index in [1.54, 1.807) is 0 Å². The normalized spacial score (nSPS) is 13.8. The van der Waals surface area contributed by atoms with Gasteiger partial charge < -0.3 is 9.30 Å². The Bertz CT molecular complexity index is 1760. The predicted molar refractivity (Wildman–Crippen MR) is 200 cm³/mol. The van der Waals surface area contributed by atoms with Crippen LogP contribution in [0.1, 0.15) is 99.1 Å². The lowest BCUT2D eigenvalue weighted by molar-refractivity contribution is -0.138. The van der Waals surface area contributed by atoms with Crippen LogP contribution in [0.2, 0.25) is 0 Å². The van der Waals surface area contributed by atoms with Crippen LogP contribution in [0.3, 0.4) is 0 Å². The second-order valence-electron chi connectivity index (χ2n) is 14.1. The van der Waals surface area contributed by atoms with Crippen LogP contribution >= 0.6 is 0 Å². The zero-order valence-corrected chi connectivity index (χ0v) is 29.6. The number of aryl methyl sites for hydroxylation is 2. The largest absolute Gasteiger partial charge is 0.463 e. The third-order valence-corrected chi connectivity index (χ3v) is 10.3. The van der Waals surface area contributed by atoms with Crippen LogP contribution in [0.4, 0.5) is 0 Å². The molecule has 49 heavy (non-hydrogen) atoms. The molecule has 0 spiro atoms. The Labute approximate surface area is 292 Å². The van der Waals surface area contributed by atoms with Crippen molar-refractivity contribution >= 4 is 11.5 Å². The van der Waals surface area contributed by atoms with E-state index in [1.807, 2.05) is 6.92 Å². The van der Waals surface area contributed by atoms with E-state index in [-0.39, 0.29) is 11.4 Å². The summed E-state index contributed by atoms with van der Waals surface area (Å²) in [6, 6.07) is 41.5. The van der Waals surface area contributed by atoms with E-state index in [2.05, 4.69) is 147 Å². The molecule has 4 nitrogen and oxygen atoms in total. The Morgan fingerprint density at radius 3 is 1.82 bits per heavy atom. The van der Waals surface area contributed by atoms with E-state index in [0.717, 1.165) is 79.6 Å². The average Bonchev–Trinajstić information content (AvgIpc) is 3.54. The molecule has 0 N–H and O–H groups in total.